The van der Waals surface area contributed by atoms with Crippen LogP contribution in [-0.2, 0) is 18.3 Å². The van der Waals surface area contributed by atoms with Crippen LogP contribution >= 0.6 is 0 Å². The molecule has 2 aliphatic carbocycles. The Morgan fingerprint density at radius 2 is 0.863 bits per heavy atom. The molecule has 0 unspecified atom stereocenters. The largest absolute Gasteiger partial charge is 0.208 e. The van der Waals surface area contributed by atoms with Crippen molar-refractivity contribution in [3.8, 4) is 56.4 Å². The lowest BCUT2D eigenvalue weighted by Crippen LogP contribution is -2.28. The molecule has 0 aliphatic heterocycles. The first kappa shape index (κ1) is 29.5. The van der Waals surface area contributed by atoms with Gasteiger partial charge in [0, 0.05) is 16.7 Å². The third-order valence-corrected chi connectivity index (χ3v) is 10.7. The first-order valence-electron chi connectivity index (χ1n) is 17.7. The number of fused-ring (bicyclic) bond motifs is 7. The van der Waals surface area contributed by atoms with Crippen molar-refractivity contribution in [2.75, 3.05) is 0 Å². The molecule has 0 atom stereocenters. The minimum absolute atomic E-state index is 0.423. The molecule has 0 spiro atoms. The van der Waals surface area contributed by atoms with Gasteiger partial charge in [0.25, 0.3) is 0 Å². The molecule has 10 rings (SSSR count). The molecule has 51 heavy (non-hydrogen) atoms. The maximum absolute atomic E-state index is 5.04. The van der Waals surface area contributed by atoms with Crippen LogP contribution in [-0.4, -0.2) is 15.0 Å². The van der Waals surface area contributed by atoms with Crippen molar-refractivity contribution >= 4 is 0 Å². The molecule has 1 heterocycles. The van der Waals surface area contributed by atoms with Gasteiger partial charge in [0.05, 0.1) is 5.41 Å². The molecule has 3 heteroatoms. The van der Waals surface area contributed by atoms with E-state index in [1.165, 1.54) is 55.6 Å². The Morgan fingerprint density at radius 3 is 1.47 bits per heavy atom. The van der Waals surface area contributed by atoms with E-state index >= 15 is 0 Å². The van der Waals surface area contributed by atoms with Gasteiger partial charge in [-0.2, -0.15) is 0 Å². The lowest BCUT2D eigenvalue weighted by Gasteiger charge is -2.34. The van der Waals surface area contributed by atoms with Crippen LogP contribution in [0.3, 0.4) is 0 Å². The number of hydrogen-bond acceptors (Lipinski definition) is 3. The Bertz CT molecular complexity index is 2460. The van der Waals surface area contributed by atoms with E-state index in [9.17, 15) is 0 Å². The first-order valence-corrected chi connectivity index (χ1v) is 17.7. The van der Waals surface area contributed by atoms with Gasteiger partial charge in [0.1, 0.15) is 0 Å². The summed E-state index contributed by atoms with van der Waals surface area (Å²) in [4.78, 5) is 15.0. The number of aryl methyl sites for hydroxylation is 2. The van der Waals surface area contributed by atoms with Crippen molar-refractivity contribution in [1.29, 1.82) is 0 Å². The minimum Gasteiger partial charge on any atom is -0.208 e. The summed E-state index contributed by atoms with van der Waals surface area (Å²) in [7, 11) is 0. The first-order chi connectivity index (χ1) is 25.3. The summed E-state index contributed by atoms with van der Waals surface area (Å²) < 4.78 is 0. The Kier molecular flexibility index (Phi) is 6.85. The van der Waals surface area contributed by atoms with E-state index in [4.69, 9.17) is 15.0 Å². The molecule has 0 radical (unpaired) electrons. The third kappa shape index (κ3) is 4.62. The molecule has 240 valence electrons. The topological polar surface area (TPSA) is 38.7 Å². The predicted molar refractivity (Wildman–Crippen MR) is 206 cm³/mol. The summed E-state index contributed by atoms with van der Waals surface area (Å²) in [5, 5.41) is 0. The van der Waals surface area contributed by atoms with E-state index in [0.29, 0.717) is 17.5 Å². The Morgan fingerprint density at radius 1 is 0.353 bits per heavy atom. The highest BCUT2D eigenvalue weighted by Gasteiger charge is 2.47. The van der Waals surface area contributed by atoms with Crippen LogP contribution in [0.4, 0.5) is 0 Å². The van der Waals surface area contributed by atoms with Gasteiger partial charge in [-0.1, -0.05) is 170 Å². The van der Waals surface area contributed by atoms with Crippen molar-refractivity contribution in [2.45, 2.75) is 18.3 Å². The second-order valence-electron chi connectivity index (χ2n) is 13.5. The Balaban J connectivity index is 1.18. The zero-order valence-electron chi connectivity index (χ0n) is 28.0. The second kappa shape index (κ2) is 11.9. The van der Waals surface area contributed by atoms with E-state index in [-0.39, 0.29) is 0 Å². The van der Waals surface area contributed by atoms with E-state index in [0.717, 1.165) is 29.5 Å². The predicted octanol–water partition coefficient (Wildman–Crippen LogP) is 11.0. The standard InChI is InChI=1S/C48H33N3/c1-5-15-33(16-6-1)45-49-46(34-17-7-2-8-18-34)51-47(50-45)36-27-29-39-35(31-36)26-25-32-28-30-42-44(43(32)39)40-23-13-14-24-41(40)48(42,37-19-9-3-10-20-37)38-21-11-4-12-22-38/h1-24,27-31H,25-26H2. The van der Waals surface area contributed by atoms with Crippen molar-refractivity contribution in [1.82, 2.24) is 15.0 Å². The number of benzene rings is 7. The Labute approximate surface area is 298 Å². The van der Waals surface area contributed by atoms with Crippen molar-refractivity contribution < 1.29 is 0 Å². The van der Waals surface area contributed by atoms with Gasteiger partial charge in [0.2, 0.25) is 0 Å². The highest BCUT2D eigenvalue weighted by Crippen LogP contribution is 2.59. The second-order valence-corrected chi connectivity index (χ2v) is 13.5. The summed E-state index contributed by atoms with van der Waals surface area (Å²) in [6.07, 6.45) is 1.94. The van der Waals surface area contributed by atoms with Crippen LogP contribution in [0.5, 0.6) is 0 Å². The molecule has 0 amide bonds. The lowest BCUT2D eigenvalue weighted by atomic mass is 9.67. The summed E-state index contributed by atoms with van der Waals surface area (Å²) in [6, 6.07) is 63.1. The van der Waals surface area contributed by atoms with Gasteiger partial charge in [-0.3, -0.25) is 0 Å². The molecular weight excluding hydrogens is 619 g/mol. The molecule has 0 saturated carbocycles. The zero-order valence-corrected chi connectivity index (χ0v) is 28.0. The molecule has 8 aromatic rings. The average Bonchev–Trinajstić information content (AvgIpc) is 3.53. The van der Waals surface area contributed by atoms with Crippen LogP contribution < -0.4 is 0 Å². The van der Waals surface area contributed by atoms with Crippen LogP contribution in [0.2, 0.25) is 0 Å². The van der Waals surface area contributed by atoms with Crippen molar-refractivity contribution in [3.05, 3.63) is 209 Å². The summed E-state index contributed by atoms with van der Waals surface area (Å²) >= 11 is 0. The van der Waals surface area contributed by atoms with Crippen molar-refractivity contribution in [2.24, 2.45) is 0 Å². The number of nitrogens with zero attached hydrogens (tertiary/aromatic N) is 3. The van der Waals surface area contributed by atoms with E-state index < -0.39 is 5.41 Å². The number of aromatic nitrogens is 3. The molecule has 7 aromatic carbocycles. The van der Waals surface area contributed by atoms with Gasteiger partial charge < -0.3 is 0 Å². The van der Waals surface area contributed by atoms with E-state index in [1.54, 1.807) is 0 Å². The lowest BCUT2D eigenvalue weighted by molar-refractivity contribution is 0.767. The minimum atomic E-state index is -0.423. The fraction of sp³-hybridized carbons (Fsp3) is 0.0625. The van der Waals surface area contributed by atoms with Crippen LogP contribution in [0, 0.1) is 0 Å². The molecule has 0 fully saturated rings. The highest BCUT2D eigenvalue weighted by molar-refractivity contribution is 5.98. The fourth-order valence-electron chi connectivity index (χ4n) is 8.48. The van der Waals surface area contributed by atoms with Crippen molar-refractivity contribution in [3.63, 3.8) is 0 Å². The monoisotopic (exact) mass is 651 g/mol. The highest BCUT2D eigenvalue weighted by atomic mass is 15.0. The smallest absolute Gasteiger partial charge is 0.164 e. The Hall–Kier alpha value is -6.45. The fourth-order valence-corrected chi connectivity index (χ4v) is 8.48. The molecule has 2 aliphatic rings. The van der Waals surface area contributed by atoms with Gasteiger partial charge in [-0.15, -0.1) is 0 Å². The van der Waals surface area contributed by atoms with Crippen LogP contribution in [0.15, 0.2) is 176 Å². The van der Waals surface area contributed by atoms with Gasteiger partial charge >= 0.3 is 0 Å². The van der Waals surface area contributed by atoms with Gasteiger partial charge in [0.15, 0.2) is 17.5 Å². The molecule has 3 nitrogen and oxygen atoms in total. The third-order valence-electron chi connectivity index (χ3n) is 10.7. The summed E-state index contributed by atoms with van der Waals surface area (Å²) in [6.45, 7) is 0. The summed E-state index contributed by atoms with van der Waals surface area (Å²) in [5.74, 6) is 2.04. The van der Waals surface area contributed by atoms with E-state index in [2.05, 4.69) is 140 Å². The molecule has 0 saturated heterocycles. The van der Waals surface area contributed by atoms with Crippen LogP contribution in [0.25, 0.3) is 56.4 Å². The molecular formula is C48H33N3. The average molecular weight is 652 g/mol. The zero-order chi connectivity index (χ0) is 33.8. The number of hydrogen-bond donors (Lipinski definition) is 0. The van der Waals surface area contributed by atoms with Crippen LogP contribution in [0.1, 0.15) is 33.4 Å². The van der Waals surface area contributed by atoms with E-state index in [1.807, 2.05) is 36.4 Å². The number of rotatable bonds is 5. The van der Waals surface area contributed by atoms with Gasteiger partial charge in [-0.25, -0.2) is 15.0 Å². The molecule has 1 aromatic heterocycles. The quantitative estimate of drug-likeness (QED) is 0.186. The normalized spacial score (nSPS) is 13.5. The van der Waals surface area contributed by atoms with Gasteiger partial charge in [-0.05, 0) is 74.5 Å². The maximum atomic E-state index is 5.04. The summed E-state index contributed by atoms with van der Waals surface area (Å²) in [5.41, 5.74) is 15.8. The molecule has 0 bridgehead atoms. The molecule has 0 N–H and O–H groups in total. The SMILES string of the molecule is c1ccc(-c2nc(-c3ccccc3)nc(-c3ccc4c(c3)CCc3ccc5c(c3-4)-c3ccccc3C5(c3ccccc3)c3ccccc3)n2)cc1. The maximum Gasteiger partial charge on any atom is 0.164 e.